The first-order chi connectivity index (χ1) is 12.3. The molecule has 0 saturated heterocycles. The zero-order chi connectivity index (χ0) is 18.9. The molecular formula is C28H40SiTi. The van der Waals surface area contributed by atoms with Crippen LogP contribution in [0.1, 0.15) is 41.5 Å². The molecule has 1 unspecified atom stereocenters. The van der Waals surface area contributed by atoms with E-state index in [-0.39, 0.29) is 49.0 Å². The van der Waals surface area contributed by atoms with Crippen LogP contribution in [0.25, 0.3) is 0 Å². The summed E-state index contributed by atoms with van der Waals surface area (Å²) in [5.74, 6) is 0.634. The van der Waals surface area contributed by atoms with Gasteiger partial charge in [0.1, 0.15) is 8.07 Å². The Morgan fingerprint density at radius 2 is 1.20 bits per heavy atom. The van der Waals surface area contributed by atoms with Crippen molar-refractivity contribution in [1.29, 1.82) is 0 Å². The average molecular weight is 453 g/mol. The van der Waals surface area contributed by atoms with E-state index in [2.05, 4.69) is 108 Å². The van der Waals surface area contributed by atoms with Gasteiger partial charge in [0.25, 0.3) is 0 Å². The molecule has 0 saturated carbocycles. The van der Waals surface area contributed by atoms with E-state index in [4.69, 9.17) is 0 Å². The number of rotatable bonds is 5. The minimum Gasteiger partial charge on any atom is -0.358 e. The molecule has 0 fully saturated rings. The molecule has 0 bridgehead atoms. The van der Waals surface area contributed by atoms with Gasteiger partial charge in [0.2, 0.25) is 0 Å². The zero-order valence-corrected chi connectivity index (χ0v) is 23.1. The molecule has 2 aromatic rings. The van der Waals surface area contributed by atoms with Crippen LogP contribution in [0, 0.1) is 34.3 Å². The summed E-state index contributed by atoms with van der Waals surface area (Å²) in [6, 6.07) is 23.8. The molecule has 0 aromatic heterocycles. The van der Waals surface area contributed by atoms with Crippen molar-refractivity contribution in [3.63, 3.8) is 0 Å². The first-order valence-corrected chi connectivity index (χ1v) is 11.9. The Morgan fingerprint density at radius 3 is 1.50 bits per heavy atom. The van der Waals surface area contributed by atoms with Gasteiger partial charge in [-0.3, -0.25) is 6.08 Å². The van der Waals surface area contributed by atoms with Crippen molar-refractivity contribution in [1.82, 2.24) is 0 Å². The maximum Gasteiger partial charge on any atom is 4.00 e. The maximum absolute atomic E-state index is 3.98. The van der Waals surface area contributed by atoms with E-state index >= 15 is 0 Å². The molecule has 0 radical (unpaired) electrons. The fourth-order valence-corrected chi connectivity index (χ4v) is 11.2. The summed E-state index contributed by atoms with van der Waals surface area (Å²) >= 11 is 0. The molecule has 1 atom stereocenters. The third-order valence-electron chi connectivity index (χ3n) is 6.41. The van der Waals surface area contributed by atoms with Gasteiger partial charge in [-0.2, -0.15) is 11.1 Å². The summed E-state index contributed by atoms with van der Waals surface area (Å²) in [7, 11) is -2.14. The Kier molecular flexibility index (Phi) is 12.4. The van der Waals surface area contributed by atoms with Gasteiger partial charge in [-0.25, -0.2) is 5.57 Å². The number of hydrogen-bond donors (Lipinski definition) is 0. The Balaban J connectivity index is 0. The van der Waals surface area contributed by atoms with Gasteiger partial charge in [0.05, 0.1) is 0 Å². The van der Waals surface area contributed by atoms with E-state index in [0.717, 1.165) is 0 Å². The van der Waals surface area contributed by atoms with Crippen LogP contribution in [0.4, 0.5) is 0 Å². The van der Waals surface area contributed by atoms with Crippen LogP contribution in [0.5, 0.6) is 0 Å². The number of allylic oxidation sites excluding steroid dienone is 4. The number of benzene rings is 2. The smallest absolute Gasteiger partial charge is 0.358 e. The third-order valence-corrected chi connectivity index (χ3v) is 12.7. The predicted molar refractivity (Wildman–Crippen MR) is 136 cm³/mol. The Hall–Kier alpha value is -1.15. The van der Waals surface area contributed by atoms with Crippen LogP contribution in [0.3, 0.4) is 0 Å². The summed E-state index contributed by atoms with van der Waals surface area (Å²) in [4.78, 5) is 0. The number of hydrogen-bond acceptors (Lipinski definition) is 0. The van der Waals surface area contributed by atoms with Crippen LogP contribution in [-0.2, 0) is 21.7 Å². The SMILES string of the molecule is CC1=[C-]C(C)([Si](CC(C)C)(c2ccccc2)c2ccccc2)C(C)=C1C.[CH3-].[CH3-].[CH3-].[Ti+4]. The maximum atomic E-state index is 3.98. The Bertz CT molecular complexity index is 794. The molecule has 0 heterocycles. The summed E-state index contributed by atoms with van der Waals surface area (Å²) in [6.45, 7) is 14.0. The van der Waals surface area contributed by atoms with Crippen LogP contribution < -0.4 is 10.4 Å². The van der Waals surface area contributed by atoms with Crippen LogP contribution in [0.15, 0.2) is 77.4 Å². The summed E-state index contributed by atoms with van der Waals surface area (Å²) in [5.41, 5.74) is 4.27. The van der Waals surface area contributed by atoms with Crippen LogP contribution in [-0.4, -0.2) is 8.07 Å². The van der Waals surface area contributed by atoms with Crippen molar-refractivity contribution in [3.05, 3.63) is 106 Å². The standard InChI is InChI=1S/C25H31Si.3CH3.Ti/c1-19(2)18-26(23-13-9-7-10-14-23,24-15-11-8-12-16-24)25(6)17-20(3)21(4)22(25)5;;;;/h7-16,19H,18H2,1-6H3;3*1H3;/q4*-1;+4. The molecular weight excluding hydrogens is 412 g/mol. The van der Waals surface area contributed by atoms with Gasteiger partial charge in [-0.05, 0) is 12.0 Å². The normalized spacial score (nSPS) is 17.9. The second kappa shape index (κ2) is 12.0. The van der Waals surface area contributed by atoms with Crippen LogP contribution >= 0.6 is 0 Å². The zero-order valence-electron chi connectivity index (χ0n) is 20.6. The monoisotopic (exact) mass is 452 g/mol. The predicted octanol–water partition coefficient (Wildman–Crippen LogP) is 7.11. The third kappa shape index (κ3) is 5.01. The van der Waals surface area contributed by atoms with E-state index < -0.39 is 8.07 Å². The average Bonchev–Trinajstić information content (AvgIpc) is 2.85. The fourth-order valence-electron chi connectivity index (χ4n) is 4.89. The van der Waals surface area contributed by atoms with Crippen LogP contribution in [0.2, 0.25) is 11.1 Å². The molecule has 3 rings (SSSR count). The Labute approximate surface area is 203 Å². The molecule has 30 heavy (non-hydrogen) atoms. The van der Waals surface area contributed by atoms with Gasteiger partial charge in [0, 0.05) is 0 Å². The van der Waals surface area contributed by atoms with E-state index in [1.54, 1.807) is 0 Å². The topological polar surface area (TPSA) is 0 Å². The Morgan fingerprint density at radius 1 is 0.800 bits per heavy atom. The molecule has 2 heteroatoms. The molecule has 160 valence electrons. The molecule has 0 spiro atoms. The van der Waals surface area contributed by atoms with Crippen molar-refractivity contribution in [2.45, 2.75) is 52.6 Å². The second-order valence-corrected chi connectivity index (χ2v) is 12.7. The van der Waals surface area contributed by atoms with E-state index in [0.29, 0.717) is 5.92 Å². The molecule has 0 nitrogen and oxygen atoms in total. The summed E-state index contributed by atoms with van der Waals surface area (Å²) < 4.78 is 0. The van der Waals surface area contributed by atoms with Crippen molar-refractivity contribution >= 4 is 18.4 Å². The molecule has 0 amide bonds. The molecule has 0 N–H and O–H groups in total. The van der Waals surface area contributed by atoms with Crippen molar-refractivity contribution < 1.29 is 21.7 Å². The second-order valence-electron chi connectivity index (χ2n) is 8.36. The minimum atomic E-state index is -2.14. The first kappa shape index (κ1) is 31.0. The van der Waals surface area contributed by atoms with E-state index in [9.17, 15) is 0 Å². The summed E-state index contributed by atoms with van der Waals surface area (Å²) in [6.07, 6.45) is 3.98. The molecule has 0 aliphatic heterocycles. The molecule has 2 aromatic carbocycles. The van der Waals surface area contributed by atoms with E-state index in [1.165, 1.54) is 33.1 Å². The van der Waals surface area contributed by atoms with Gasteiger partial charge < -0.3 is 22.3 Å². The largest absolute Gasteiger partial charge is 4.00 e. The van der Waals surface area contributed by atoms with Gasteiger partial charge in [-0.15, -0.1) is 6.92 Å². The summed E-state index contributed by atoms with van der Waals surface area (Å²) in [5, 5.41) is 3.03. The fraction of sp³-hybridized carbons (Fsp3) is 0.321. The quantitative estimate of drug-likeness (QED) is 0.335. The minimum absolute atomic E-state index is 0. The van der Waals surface area contributed by atoms with Crippen molar-refractivity contribution in [2.75, 3.05) is 0 Å². The van der Waals surface area contributed by atoms with Crippen molar-refractivity contribution in [2.24, 2.45) is 5.92 Å². The van der Waals surface area contributed by atoms with Gasteiger partial charge in [-0.1, -0.05) is 111 Å². The van der Waals surface area contributed by atoms with Gasteiger partial charge in [0.15, 0.2) is 0 Å². The van der Waals surface area contributed by atoms with Crippen molar-refractivity contribution in [3.8, 4) is 0 Å². The molecule has 1 aliphatic rings. The van der Waals surface area contributed by atoms with E-state index in [1.807, 2.05) is 0 Å². The molecule has 1 aliphatic carbocycles. The first-order valence-electron chi connectivity index (χ1n) is 9.74. The van der Waals surface area contributed by atoms with Gasteiger partial charge >= 0.3 is 21.7 Å².